The summed E-state index contributed by atoms with van der Waals surface area (Å²) in [6.07, 6.45) is 6.19. The zero-order valence-electron chi connectivity index (χ0n) is 16.3. The van der Waals surface area contributed by atoms with Crippen LogP contribution >= 0.6 is 0 Å². The van der Waals surface area contributed by atoms with Crippen LogP contribution in [-0.4, -0.2) is 21.7 Å². The molecule has 2 aromatic heterocycles. The number of Topliss-reactive ketones (excluding diaryl/α,β-unsaturated/α-hetero) is 1. The molecule has 0 spiro atoms. The number of rotatable bonds is 2. The fourth-order valence-electron chi connectivity index (χ4n) is 4.13. The van der Waals surface area contributed by atoms with Crippen LogP contribution in [0.3, 0.4) is 0 Å². The number of hydrogen-bond donors (Lipinski definition) is 3. The Morgan fingerprint density at radius 3 is 2.90 bits per heavy atom. The zero-order valence-corrected chi connectivity index (χ0v) is 16.3. The molecule has 1 aromatic carbocycles. The van der Waals surface area contributed by atoms with E-state index in [1.54, 1.807) is 12.4 Å². The lowest BCUT2D eigenvalue weighted by molar-refractivity contribution is -0.522. The number of anilines is 1. The standard InChI is InChI=1S/C22H21N5O2/c1-22(2)10-15-18(16(28)11-22)19(13-6-5-9-23-12-13)26-20(24-15)27-21-25-14-7-3-4-8-17(14)29-21/h3-10,12,18-19H,11H2,1-2H3,(H2,24,25,26,27)/p+1/t18-,19-/m0/s1. The first-order valence-corrected chi connectivity index (χ1v) is 9.67. The van der Waals surface area contributed by atoms with Crippen LogP contribution < -0.4 is 15.6 Å². The summed E-state index contributed by atoms with van der Waals surface area (Å²) in [5.41, 5.74) is 3.13. The number of guanidine groups is 1. The highest BCUT2D eigenvalue weighted by molar-refractivity contribution is 5.94. The number of aromatic nitrogens is 2. The Morgan fingerprint density at radius 1 is 1.24 bits per heavy atom. The van der Waals surface area contributed by atoms with E-state index in [4.69, 9.17) is 4.42 Å². The number of allylic oxidation sites excluding steroid dienone is 1. The number of ketones is 1. The third kappa shape index (κ3) is 3.29. The van der Waals surface area contributed by atoms with Crippen LogP contribution in [0.1, 0.15) is 31.9 Å². The van der Waals surface area contributed by atoms with E-state index in [2.05, 4.69) is 45.5 Å². The van der Waals surface area contributed by atoms with E-state index < -0.39 is 0 Å². The van der Waals surface area contributed by atoms with Crippen LogP contribution in [0.5, 0.6) is 0 Å². The summed E-state index contributed by atoms with van der Waals surface area (Å²) in [5, 5.41) is 6.54. The first kappa shape index (κ1) is 17.6. The normalized spacial score (nSPS) is 23.0. The monoisotopic (exact) mass is 388 g/mol. The van der Waals surface area contributed by atoms with Gasteiger partial charge in [-0.2, -0.15) is 10.3 Å². The topological polar surface area (TPSA) is 94.0 Å². The predicted molar refractivity (Wildman–Crippen MR) is 109 cm³/mol. The number of oxazole rings is 1. The molecule has 0 unspecified atom stereocenters. The van der Waals surface area contributed by atoms with Gasteiger partial charge in [0.2, 0.25) is 0 Å². The van der Waals surface area contributed by atoms with Gasteiger partial charge in [-0.25, -0.2) is 5.32 Å². The van der Waals surface area contributed by atoms with E-state index in [1.165, 1.54) is 0 Å². The van der Waals surface area contributed by atoms with Crippen molar-refractivity contribution in [3.63, 3.8) is 0 Å². The SMILES string of the molecule is CC1(C)C=C2NC(Nc3nc4ccccc4o3)=[NH+][C@@H](c3cccnc3)[C@@H]2C(=O)C1. The third-order valence-corrected chi connectivity index (χ3v) is 5.33. The molecule has 3 heterocycles. The Labute approximate surface area is 168 Å². The van der Waals surface area contributed by atoms with Crippen molar-refractivity contribution < 1.29 is 14.2 Å². The lowest BCUT2D eigenvalue weighted by atomic mass is 9.72. The minimum absolute atomic E-state index is 0.199. The van der Waals surface area contributed by atoms with Gasteiger partial charge in [-0.1, -0.05) is 32.0 Å². The van der Waals surface area contributed by atoms with Gasteiger partial charge in [0.15, 0.2) is 5.58 Å². The summed E-state index contributed by atoms with van der Waals surface area (Å²) in [7, 11) is 0. The van der Waals surface area contributed by atoms with Crippen molar-refractivity contribution in [1.29, 1.82) is 0 Å². The molecule has 1 aliphatic carbocycles. The van der Waals surface area contributed by atoms with Crippen molar-refractivity contribution in [2.45, 2.75) is 26.3 Å². The van der Waals surface area contributed by atoms with E-state index >= 15 is 0 Å². The number of carbonyl (C=O) groups is 1. The fraction of sp³-hybridized carbons (Fsp3) is 0.273. The van der Waals surface area contributed by atoms with Gasteiger partial charge in [-0.15, -0.1) is 0 Å². The van der Waals surface area contributed by atoms with Gasteiger partial charge in [0.05, 0.1) is 5.70 Å². The Bertz CT molecular complexity index is 1110. The van der Waals surface area contributed by atoms with Gasteiger partial charge in [-0.05, 0) is 29.7 Å². The van der Waals surface area contributed by atoms with Crippen molar-refractivity contribution in [2.24, 2.45) is 11.3 Å². The Kier molecular flexibility index (Phi) is 3.97. The maximum Gasteiger partial charge on any atom is 0.365 e. The summed E-state index contributed by atoms with van der Waals surface area (Å²) < 4.78 is 5.79. The number of benzene rings is 1. The quantitative estimate of drug-likeness (QED) is 0.621. The van der Waals surface area contributed by atoms with E-state index in [-0.39, 0.29) is 23.2 Å². The second kappa shape index (κ2) is 6.55. The second-order valence-electron chi connectivity index (χ2n) is 8.23. The lowest BCUT2D eigenvalue weighted by Gasteiger charge is -2.35. The van der Waals surface area contributed by atoms with Crippen LogP contribution in [0.15, 0.2) is 65.0 Å². The molecule has 0 radical (unpaired) electrons. The van der Waals surface area contributed by atoms with Gasteiger partial charge in [0.25, 0.3) is 0 Å². The molecular weight excluding hydrogens is 366 g/mol. The maximum absolute atomic E-state index is 13.0. The predicted octanol–water partition coefficient (Wildman–Crippen LogP) is 1.91. The first-order chi connectivity index (χ1) is 14.0. The number of pyridine rings is 1. The highest BCUT2D eigenvalue weighted by Gasteiger charge is 2.45. The molecule has 3 N–H and O–H groups in total. The van der Waals surface area contributed by atoms with E-state index in [1.807, 2.05) is 36.4 Å². The zero-order chi connectivity index (χ0) is 20.0. The van der Waals surface area contributed by atoms with Gasteiger partial charge in [0, 0.05) is 24.4 Å². The van der Waals surface area contributed by atoms with E-state index in [0.717, 1.165) is 16.8 Å². The van der Waals surface area contributed by atoms with Crippen molar-refractivity contribution in [3.8, 4) is 0 Å². The van der Waals surface area contributed by atoms with Crippen LogP contribution in [0.25, 0.3) is 11.1 Å². The van der Waals surface area contributed by atoms with Crippen LogP contribution in [0, 0.1) is 11.3 Å². The molecule has 146 valence electrons. The minimum atomic E-state index is -0.290. The number of carbonyl (C=O) groups excluding carboxylic acids is 1. The molecule has 2 atom stereocenters. The Morgan fingerprint density at radius 2 is 2.10 bits per heavy atom. The molecular formula is C22H22N5O2+. The van der Waals surface area contributed by atoms with Crippen LogP contribution in [0.2, 0.25) is 0 Å². The van der Waals surface area contributed by atoms with Crippen molar-refractivity contribution in [1.82, 2.24) is 15.3 Å². The highest BCUT2D eigenvalue weighted by Crippen LogP contribution is 2.38. The molecule has 1 aliphatic heterocycles. The van der Waals surface area contributed by atoms with E-state index in [0.29, 0.717) is 24.0 Å². The third-order valence-electron chi connectivity index (χ3n) is 5.33. The Hall–Kier alpha value is -3.48. The summed E-state index contributed by atoms with van der Waals surface area (Å²) >= 11 is 0. The van der Waals surface area contributed by atoms with Crippen LogP contribution in [0.4, 0.5) is 6.01 Å². The smallest absolute Gasteiger partial charge is 0.365 e. The Balaban J connectivity index is 1.55. The fourth-order valence-corrected chi connectivity index (χ4v) is 4.13. The molecule has 29 heavy (non-hydrogen) atoms. The molecule has 5 rings (SSSR count). The second-order valence-corrected chi connectivity index (χ2v) is 8.23. The molecule has 0 bridgehead atoms. The van der Waals surface area contributed by atoms with Crippen LogP contribution in [-0.2, 0) is 4.79 Å². The largest absolute Gasteiger partial charge is 0.412 e. The maximum atomic E-state index is 13.0. The molecule has 2 aliphatic rings. The number of nitrogens with one attached hydrogen (secondary N) is 3. The number of hydrogen-bond acceptors (Lipinski definition) is 6. The molecule has 7 heteroatoms. The average Bonchev–Trinajstić information content (AvgIpc) is 3.09. The number of nitrogens with zero attached hydrogens (tertiary/aromatic N) is 2. The molecule has 0 fully saturated rings. The summed E-state index contributed by atoms with van der Waals surface area (Å²) in [6, 6.07) is 11.6. The summed E-state index contributed by atoms with van der Waals surface area (Å²) in [6.45, 7) is 4.15. The summed E-state index contributed by atoms with van der Waals surface area (Å²) in [5.74, 6) is 0.544. The highest BCUT2D eigenvalue weighted by atomic mass is 16.4. The number of para-hydroxylation sites is 2. The van der Waals surface area contributed by atoms with E-state index in [9.17, 15) is 4.79 Å². The molecule has 0 saturated carbocycles. The minimum Gasteiger partial charge on any atom is -0.412 e. The molecule has 3 aromatic rings. The van der Waals surface area contributed by atoms with Gasteiger partial charge < -0.3 is 4.42 Å². The number of fused-ring (bicyclic) bond motifs is 2. The first-order valence-electron chi connectivity index (χ1n) is 9.67. The molecule has 0 amide bonds. The van der Waals surface area contributed by atoms with Crippen molar-refractivity contribution >= 4 is 28.9 Å². The summed E-state index contributed by atoms with van der Waals surface area (Å²) in [4.78, 5) is 25.1. The molecule has 0 saturated heterocycles. The van der Waals surface area contributed by atoms with Gasteiger partial charge in [-0.3, -0.25) is 14.8 Å². The average molecular weight is 388 g/mol. The lowest BCUT2D eigenvalue weighted by Crippen LogP contribution is -2.84. The van der Waals surface area contributed by atoms with Gasteiger partial charge in [0.1, 0.15) is 23.3 Å². The van der Waals surface area contributed by atoms with Crippen molar-refractivity contribution in [3.05, 3.63) is 66.1 Å². The molecule has 7 nitrogen and oxygen atoms in total. The van der Waals surface area contributed by atoms with Crippen molar-refractivity contribution in [2.75, 3.05) is 5.32 Å². The van der Waals surface area contributed by atoms with Gasteiger partial charge >= 0.3 is 12.0 Å².